The van der Waals surface area contributed by atoms with Crippen LogP contribution in [0.3, 0.4) is 0 Å². The van der Waals surface area contributed by atoms with Gasteiger partial charge in [-0.3, -0.25) is 0 Å². The molecule has 0 saturated carbocycles. The maximum Gasteiger partial charge on any atom is 0.119 e. The first-order chi connectivity index (χ1) is 13.1. The maximum absolute atomic E-state index is 5.88. The van der Waals surface area contributed by atoms with Crippen LogP contribution in [0.15, 0.2) is 30.3 Å². The molecule has 0 fully saturated rings. The molecule has 0 spiro atoms. The number of nitrogens with one attached hydrogen (secondary N) is 1. The van der Waals surface area contributed by atoms with Gasteiger partial charge in [0.1, 0.15) is 12.4 Å². The number of benzene rings is 1. The van der Waals surface area contributed by atoms with Gasteiger partial charge in [-0.25, -0.2) is 0 Å². The molecule has 0 amide bonds. The molecule has 0 unspecified atom stereocenters. The fraction of sp³-hybridized carbons (Fsp3) is 0.760. The molecule has 156 valence electrons. The van der Waals surface area contributed by atoms with Crippen molar-refractivity contribution < 1.29 is 4.74 Å². The van der Waals surface area contributed by atoms with Crippen molar-refractivity contribution in [2.24, 2.45) is 0 Å². The lowest BCUT2D eigenvalue weighted by Crippen LogP contribution is -2.45. The predicted octanol–water partition coefficient (Wildman–Crippen LogP) is 7.52. The van der Waals surface area contributed by atoms with E-state index < -0.39 is 0 Å². The number of hydrogen-bond acceptors (Lipinski definition) is 2. The van der Waals surface area contributed by atoms with E-state index in [4.69, 9.17) is 4.74 Å². The van der Waals surface area contributed by atoms with Crippen molar-refractivity contribution in [1.29, 1.82) is 0 Å². The molecule has 0 aliphatic carbocycles. The Hall–Kier alpha value is -1.02. The standard InChI is InChI=1S/C25H45NO/c1-4-5-6-7-8-9-10-11-12-13-14-15-19-22-26-25(2,3)23-27-24-20-17-16-18-21-24/h16-18,20-21,26H,4-15,19,22-23H2,1-3H3. The molecule has 2 heteroatoms. The molecule has 1 aromatic rings. The first-order valence-corrected chi connectivity index (χ1v) is 11.6. The van der Waals surface area contributed by atoms with E-state index in [0.717, 1.165) is 12.3 Å². The van der Waals surface area contributed by atoms with Crippen molar-refractivity contribution in [3.8, 4) is 5.75 Å². The molecule has 2 nitrogen and oxygen atoms in total. The van der Waals surface area contributed by atoms with Gasteiger partial charge in [0.15, 0.2) is 0 Å². The Balaban J connectivity index is 1.86. The molecule has 0 atom stereocenters. The summed E-state index contributed by atoms with van der Waals surface area (Å²) in [6, 6.07) is 10.1. The van der Waals surface area contributed by atoms with E-state index in [9.17, 15) is 0 Å². The summed E-state index contributed by atoms with van der Waals surface area (Å²) in [5.41, 5.74) is 0.0208. The van der Waals surface area contributed by atoms with Crippen molar-refractivity contribution in [3.05, 3.63) is 30.3 Å². The van der Waals surface area contributed by atoms with Crippen LogP contribution in [0.1, 0.15) is 104 Å². The minimum atomic E-state index is 0.0208. The van der Waals surface area contributed by atoms with E-state index in [1.165, 1.54) is 83.5 Å². The van der Waals surface area contributed by atoms with Crippen LogP contribution in [0.2, 0.25) is 0 Å². The number of para-hydroxylation sites is 1. The van der Waals surface area contributed by atoms with Crippen LogP contribution >= 0.6 is 0 Å². The minimum absolute atomic E-state index is 0.0208. The van der Waals surface area contributed by atoms with Crippen LogP contribution in [0, 0.1) is 0 Å². The Morgan fingerprint density at radius 1 is 0.704 bits per heavy atom. The fourth-order valence-electron chi connectivity index (χ4n) is 3.40. The molecule has 27 heavy (non-hydrogen) atoms. The Kier molecular flexibility index (Phi) is 14.2. The van der Waals surface area contributed by atoms with E-state index in [1.54, 1.807) is 0 Å². The third-order valence-electron chi connectivity index (χ3n) is 5.23. The summed E-state index contributed by atoms with van der Waals surface area (Å²) in [6.07, 6.45) is 18.3. The van der Waals surface area contributed by atoms with Gasteiger partial charge in [-0.05, 0) is 38.9 Å². The lowest BCUT2D eigenvalue weighted by molar-refractivity contribution is 0.208. The van der Waals surface area contributed by atoms with Crippen LogP contribution < -0.4 is 10.1 Å². The molecule has 1 N–H and O–H groups in total. The maximum atomic E-state index is 5.88. The van der Waals surface area contributed by atoms with Gasteiger partial charge in [-0.1, -0.05) is 102 Å². The quantitative estimate of drug-likeness (QED) is 0.268. The SMILES string of the molecule is CCCCCCCCCCCCCCCNC(C)(C)COc1ccccc1. The Bertz CT molecular complexity index is 429. The molecule has 0 saturated heterocycles. The van der Waals surface area contributed by atoms with Crippen LogP contribution in [0.25, 0.3) is 0 Å². The first-order valence-electron chi connectivity index (χ1n) is 11.6. The van der Waals surface area contributed by atoms with Gasteiger partial charge < -0.3 is 10.1 Å². The molecule has 0 aromatic heterocycles. The average Bonchev–Trinajstić information content (AvgIpc) is 2.67. The number of ether oxygens (including phenoxy) is 1. The summed E-state index contributed by atoms with van der Waals surface area (Å²) in [7, 11) is 0. The Morgan fingerprint density at radius 3 is 1.70 bits per heavy atom. The number of rotatable bonds is 18. The average molecular weight is 376 g/mol. The topological polar surface area (TPSA) is 21.3 Å². The predicted molar refractivity (Wildman–Crippen MR) is 120 cm³/mol. The minimum Gasteiger partial charge on any atom is -0.492 e. The van der Waals surface area contributed by atoms with Crippen molar-refractivity contribution in [2.75, 3.05) is 13.2 Å². The monoisotopic (exact) mass is 375 g/mol. The molecule has 0 bridgehead atoms. The van der Waals surface area contributed by atoms with E-state index in [2.05, 4.69) is 26.1 Å². The second-order valence-electron chi connectivity index (χ2n) is 8.66. The Labute approximate surface area is 169 Å². The molecule has 1 aromatic carbocycles. The third-order valence-corrected chi connectivity index (χ3v) is 5.23. The van der Waals surface area contributed by atoms with E-state index in [1.807, 2.05) is 30.3 Å². The van der Waals surface area contributed by atoms with E-state index in [0.29, 0.717) is 6.61 Å². The van der Waals surface area contributed by atoms with Gasteiger partial charge in [0.25, 0.3) is 0 Å². The van der Waals surface area contributed by atoms with Crippen molar-refractivity contribution in [1.82, 2.24) is 5.32 Å². The summed E-state index contributed by atoms with van der Waals surface area (Å²) >= 11 is 0. The van der Waals surface area contributed by atoms with Crippen LogP contribution in [0.4, 0.5) is 0 Å². The Morgan fingerprint density at radius 2 is 1.19 bits per heavy atom. The lowest BCUT2D eigenvalue weighted by atomic mass is 10.0. The second-order valence-corrected chi connectivity index (χ2v) is 8.66. The normalized spacial score (nSPS) is 11.7. The highest BCUT2D eigenvalue weighted by atomic mass is 16.5. The summed E-state index contributed by atoms with van der Waals surface area (Å²) in [5.74, 6) is 0.952. The van der Waals surface area contributed by atoms with E-state index in [-0.39, 0.29) is 5.54 Å². The van der Waals surface area contributed by atoms with Gasteiger partial charge in [0.05, 0.1) is 0 Å². The molecule has 0 aliphatic heterocycles. The van der Waals surface area contributed by atoms with Crippen LogP contribution in [-0.4, -0.2) is 18.7 Å². The molecule has 0 heterocycles. The van der Waals surface area contributed by atoms with Crippen molar-refractivity contribution in [3.63, 3.8) is 0 Å². The fourth-order valence-corrected chi connectivity index (χ4v) is 3.40. The van der Waals surface area contributed by atoms with Gasteiger partial charge in [-0.15, -0.1) is 0 Å². The summed E-state index contributed by atoms with van der Waals surface area (Å²) in [6.45, 7) is 8.52. The summed E-state index contributed by atoms with van der Waals surface area (Å²) < 4.78 is 5.88. The number of unbranched alkanes of at least 4 members (excludes halogenated alkanes) is 12. The second kappa shape index (κ2) is 16.0. The van der Waals surface area contributed by atoms with E-state index >= 15 is 0 Å². The molecule has 1 rings (SSSR count). The van der Waals surface area contributed by atoms with Crippen molar-refractivity contribution in [2.45, 2.75) is 110 Å². The highest BCUT2D eigenvalue weighted by molar-refractivity contribution is 5.21. The first kappa shape index (κ1) is 24.0. The van der Waals surface area contributed by atoms with Crippen molar-refractivity contribution >= 4 is 0 Å². The largest absolute Gasteiger partial charge is 0.492 e. The van der Waals surface area contributed by atoms with Crippen LogP contribution in [0.5, 0.6) is 5.75 Å². The van der Waals surface area contributed by atoms with Gasteiger partial charge in [-0.2, -0.15) is 0 Å². The molecule has 0 radical (unpaired) electrons. The highest BCUT2D eigenvalue weighted by Gasteiger charge is 2.17. The van der Waals surface area contributed by atoms with Gasteiger partial charge >= 0.3 is 0 Å². The van der Waals surface area contributed by atoms with Gasteiger partial charge in [0, 0.05) is 5.54 Å². The third kappa shape index (κ3) is 14.7. The molecular weight excluding hydrogens is 330 g/mol. The van der Waals surface area contributed by atoms with Gasteiger partial charge in [0.2, 0.25) is 0 Å². The summed E-state index contributed by atoms with van der Waals surface area (Å²) in [5, 5.41) is 3.64. The lowest BCUT2D eigenvalue weighted by Gasteiger charge is -2.26. The number of hydrogen-bond donors (Lipinski definition) is 1. The summed E-state index contributed by atoms with van der Waals surface area (Å²) in [4.78, 5) is 0. The zero-order valence-electron chi connectivity index (χ0n) is 18.4. The smallest absolute Gasteiger partial charge is 0.119 e. The zero-order valence-corrected chi connectivity index (χ0v) is 18.4. The zero-order chi connectivity index (χ0) is 19.6. The highest BCUT2D eigenvalue weighted by Crippen LogP contribution is 2.14. The molecule has 0 aliphatic rings. The van der Waals surface area contributed by atoms with Crippen LogP contribution in [-0.2, 0) is 0 Å². The molecular formula is C25H45NO.